The highest BCUT2D eigenvalue weighted by Gasteiger charge is 2.18. The van der Waals surface area contributed by atoms with Crippen LogP contribution in [0, 0.1) is 0 Å². The Morgan fingerprint density at radius 2 is 2.29 bits per heavy atom. The molecule has 17 heavy (non-hydrogen) atoms. The fraction of sp³-hybridized carbons (Fsp3) is 0.333. The number of alkyl halides is 1. The van der Waals surface area contributed by atoms with Gasteiger partial charge >= 0.3 is 0 Å². The number of thiophene rings is 1. The molecule has 0 amide bonds. The summed E-state index contributed by atoms with van der Waals surface area (Å²) >= 11 is 7.55. The summed E-state index contributed by atoms with van der Waals surface area (Å²) in [6.07, 6.45) is 4.67. The van der Waals surface area contributed by atoms with Crippen LogP contribution in [0.5, 0.6) is 0 Å². The third-order valence-electron chi connectivity index (χ3n) is 2.96. The summed E-state index contributed by atoms with van der Waals surface area (Å²) in [5, 5.41) is 2.16. The van der Waals surface area contributed by atoms with E-state index < -0.39 is 0 Å². The lowest BCUT2D eigenvalue weighted by molar-refractivity contribution is 0.728. The first-order valence-electron chi connectivity index (χ1n) is 5.54. The lowest BCUT2D eigenvalue weighted by Crippen LogP contribution is -2.30. The molecule has 0 unspecified atom stereocenters. The minimum atomic E-state index is 0.419. The van der Waals surface area contributed by atoms with Crippen molar-refractivity contribution in [3.05, 3.63) is 40.0 Å². The van der Waals surface area contributed by atoms with Crippen LogP contribution in [0.1, 0.15) is 16.1 Å². The minimum Gasteiger partial charge on any atom is -0.351 e. The number of rotatable bonds is 2. The van der Waals surface area contributed by atoms with E-state index in [4.69, 9.17) is 11.6 Å². The Morgan fingerprint density at radius 3 is 3.06 bits per heavy atom. The first kappa shape index (κ1) is 11.0. The van der Waals surface area contributed by atoms with Gasteiger partial charge in [-0.15, -0.1) is 22.9 Å². The highest BCUT2D eigenvalue weighted by Crippen LogP contribution is 2.26. The Morgan fingerprint density at radius 1 is 1.35 bits per heavy atom. The second-order valence-electron chi connectivity index (χ2n) is 4.04. The smallest absolute Gasteiger partial charge is 0.147 e. The number of hydrogen-bond acceptors (Lipinski definition) is 4. The van der Waals surface area contributed by atoms with E-state index in [0.717, 1.165) is 31.0 Å². The maximum Gasteiger partial charge on any atom is 0.147 e. The number of hydrogen-bond donors (Lipinski definition) is 0. The van der Waals surface area contributed by atoms with Gasteiger partial charge in [-0.2, -0.15) is 0 Å². The van der Waals surface area contributed by atoms with Gasteiger partial charge in [0.15, 0.2) is 0 Å². The summed E-state index contributed by atoms with van der Waals surface area (Å²) < 4.78 is 0. The zero-order chi connectivity index (χ0) is 11.7. The van der Waals surface area contributed by atoms with Gasteiger partial charge in [-0.1, -0.05) is 0 Å². The molecule has 0 N–H and O–H groups in total. The van der Waals surface area contributed by atoms with Crippen molar-refractivity contribution in [2.24, 2.45) is 0 Å². The minimum absolute atomic E-state index is 0.419. The molecule has 0 atom stereocenters. The van der Waals surface area contributed by atoms with Gasteiger partial charge in [-0.25, -0.2) is 4.98 Å². The predicted octanol–water partition coefficient (Wildman–Crippen LogP) is 2.84. The van der Waals surface area contributed by atoms with Crippen LogP contribution in [0.15, 0.2) is 23.8 Å². The fourth-order valence-electron chi connectivity index (χ4n) is 2.02. The molecule has 0 spiro atoms. The normalized spacial score (nSPS) is 14.8. The second-order valence-corrected chi connectivity index (χ2v) is 5.31. The molecule has 0 fully saturated rings. The zero-order valence-electron chi connectivity index (χ0n) is 9.27. The number of halogens is 1. The molecule has 2 aromatic rings. The first-order valence-corrected chi connectivity index (χ1v) is 6.95. The van der Waals surface area contributed by atoms with Gasteiger partial charge in [0, 0.05) is 18.0 Å². The van der Waals surface area contributed by atoms with Crippen LogP contribution < -0.4 is 4.90 Å². The molecule has 0 aliphatic carbocycles. The number of aromatic nitrogens is 2. The molecule has 0 bridgehead atoms. The topological polar surface area (TPSA) is 29.0 Å². The summed E-state index contributed by atoms with van der Waals surface area (Å²) in [6, 6.07) is 2.20. The molecule has 3 heterocycles. The van der Waals surface area contributed by atoms with Gasteiger partial charge in [0.1, 0.15) is 5.82 Å². The van der Waals surface area contributed by atoms with Gasteiger partial charge in [0.05, 0.1) is 24.0 Å². The van der Waals surface area contributed by atoms with Gasteiger partial charge in [0.25, 0.3) is 0 Å². The molecule has 0 radical (unpaired) electrons. The lowest BCUT2D eigenvalue weighted by Gasteiger charge is -2.27. The number of fused-ring (bicyclic) bond motifs is 1. The van der Waals surface area contributed by atoms with Gasteiger partial charge in [-0.05, 0) is 23.4 Å². The average molecular weight is 266 g/mol. The monoisotopic (exact) mass is 265 g/mol. The van der Waals surface area contributed by atoms with Crippen LogP contribution in [-0.2, 0) is 18.8 Å². The average Bonchev–Trinajstić information content (AvgIpc) is 2.86. The fourth-order valence-corrected chi connectivity index (χ4v) is 3.05. The van der Waals surface area contributed by atoms with Crippen LogP contribution in [0.4, 0.5) is 5.82 Å². The van der Waals surface area contributed by atoms with Crippen molar-refractivity contribution < 1.29 is 0 Å². The van der Waals surface area contributed by atoms with E-state index >= 15 is 0 Å². The number of anilines is 1. The maximum atomic E-state index is 5.70. The van der Waals surface area contributed by atoms with Crippen molar-refractivity contribution in [2.75, 3.05) is 11.4 Å². The van der Waals surface area contributed by atoms with Gasteiger partial charge in [0.2, 0.25) is 0 Å². The Kier molecular flexibility index (Phi) is 2.99. The Balaban J connectivity index is 1.81. The molecule has 1 aliphatic heterocycles. The molecule has 0 saturated carbocycles. The van der Waals surface area contributed by atoms with Crippen LogP contribution >= 0.6 is 22.9 Å². The summed E-state index contributed by atoms with van der Waals surface area (Å²) in [4.78, 5) is 12.5. The number of nitrogens with zero attached hydrogens (tertiary/aromatic N) is 3. The quantitative estimate of drug-likeness (QED) is 0.782. The van der Waals surface area contributed by atoms with E-state index in [1.807, 2.05) is 17.5 Å². The third-order valence-corrected chi connectivity index (χ3v) is 4.26. The molecule has 3 rings (SSSR count). The Labute approximate surface area is 109 Å². The van der Waals surface area contributed by atoms with Gasteiger partial charge in [-0.3, -0.25) is 4.98 Å². The molecule has 1 aliphatic rings. The van der Waals surface area contributed by atoms with Crippen molar-refractivity contribution in [2.45, 2.75) is 18.8 Å². The van der Waals surface area contributed by atoms with Crippen molar-refractivity contribution in [3.63, 3.8) is 0 Å². The summed E-state index contributed by atoms with van der Waals surface area (Å²) in [5.74, 6) is 1.36. The first-order chi connectivity index (χ1) is 8.36. The Hall–Kier alpha value is -1.13. The van der Waals surface area contributed by atoms with Crippen LogP contribution in [0.2, 0.25) is 0 Å². The van der Waals surface area contributed by atoms with Crippen molar-refractivity contribution in [1.29, 1.82) is 0 Å². The zero-order valence-corrected chi connectivity index (χ0v) is 10.8. The van der Waals surface area contributed by atoms with E-state index in [9.17, 15) is 0 Å². The van der Waals surface area contributed by atoms with E-state index in [-0.39, 0.29) is 0 Å². The highest BCUT2D eigenvalue weighted by molar-refractivity contribution is 7.10. The SMILES string of the molecule is ClCc1cnc(N2CCc3sccc3C2)cn1. The van der Waals surface area contributed by atoms with Crippen LogP contribution in [0.3, 0.4) is 0 Å². The van der Waals surface area contributed by atoms with Gasteiger partial charge < -0.3 is 4.90 Å². The van der Waals surface area contributed by atoms with Crippen molar-refractivity contribution in [1.82, 2.24) is 9.97 Å². The largest absolute Gasteiger partial charge is 0.351 e. The summed E-state index contributed by atoms with van der Waals surface area (Å²) in [5.41, 5.74) is 2.24. The Bertz CT molecular complexity index is 509. The lowest BCUT2D eigenvalue weighted by atomic mass is 10.1. The molecule has 0 aromatic carbocycles. The van der Waals surface area contributed by atoms with Crippen LogP contribution in [-0.4, -0.2) is 16.5 Å². The second kappa shape index (κ2) is 4.63. The molecule has 88 valence electrons. The van der Waals surface area contributed by atoms with E-state index in [2.05, 4.69) is 26.3 Å². The molecular weight excluding hydrogens is 254 g/mol. The molecule has 5 heteroatoms. The van der Waals surface area contributed by atoms with Crippen molar-refractivity contribution in [3.8, 4) is 0 Å². The summed E-state index contributed by atoms with van der Waals surface area (Å²) in [7, 11) is 0. The predicted molar refractivity (Wildman–Crippen MR) is 70.7 cm³/mol. The van der Waals surface area contributed by atoms with Crippen LogP contribution in [0.25, 0.3) is 0 Å². The molecule has 2 aromatic heterocycles. The molecule has 3 nitrogen and oxygen atoms in total. The summed E-state index contributed by atoms with van der Waals surface area (Å²) in [6.45, 7) is 1.95. The molecule has 0 saturated heterocycles. The maximum absolute atomic E-state index is 5.70. The standard InChI is InChI=1S/C12H12ClN3S/c13-5-10-6-15-12(7-14-10)16-3-1-11-9(8-16)2-4-17-11/h2,4,6-7H,1,3,5,8H2. The molecular formula is C12H12ClN3S. The van der Waals surface area contributed by atoms with Crippen molar-refractivity contribution >= 4 is 28.8 Å². The van der Waals surface area contributed by atoms with E-state index in [1.54, 1.807) is 6.20 Å². The van der Waals surface area contributed by atoms with E-state index in [1.165, 1.54) is 10.4 Å². The third kappa shape index (κ3) is 2.15. The highest BCUT2D eigenvalue weighted by atomic mass is 35.5. The van der Waals surface area contributed by atoms with E-state index in [0.29, 0.717) is 5.88 Å².